The van der Waals surface area contributed by atoms with Gasteiger partial charge in [-0.25, -0.2) is 0 Å². The van der Waals surface area contributed by atoms with E-state index in [1.807, 2.05) is 48.5 Å². The minimum Gasteiger partial charge on any atom is -0.487 e. The van der Waals surface area contributed by atoms with Gasteiger partial charge < -0.3 is 19.5 Å². The summed E-state index contributed by atoms with van der Waals surface area (Å²) in [4.78, 5) is 16.8. The Morgan fingerprint density at radius 3 is 2.90 bits per heavy atom. The van der Waals surface area contributed by atoms with E-state index in [1.165, 1.54) is 0 Å². The molecule has 6 heteroatoms. The summed E-state index contributed by atoms with van der Waals surface area (Å²) in [5.74, 6) is 2.38. The number of amides is 1. The summed E-state index contributed by atoms with van der Waals surface area (Å²) in [6.45, 7) is 0.738. The smallest absolute Gasteiger partial charge is 0.231 e. The maximum absolute atomic E-state index is 12.3. The topological polar surface area (TPSA) is 69.7 Å². The molecule has 3 aromatic rings. The van der Waals surface area contributed by atoms with Crippen molar-refractivity contribution in [1.82, 2.24) is 10.3 Å². The molecular weight excluding hydrogens is 380 g/mol. The fourth-order valence-electron chi connectivity index (χ4n) is 3.85. The molecule has 5 rings (SSSR count). The number of pyridine rings is 1. The SMILES string of the molecule is O=C(CCc1ccc2c(c1)OCO2)NC[C@@H]1Cc2cccc(-c3ccccn3)c2O1. The highest BCUT2D eigenvalue weighted by Crippen LogP contribution is 2.37. The van der Waals surface area contributed by atoms with Crippen molar-refractivity contribution in [3.63, 3.8) is 0 Å². The van der Waals surface area contributed by atoms with Crippen molar-refractivity contribution in [2.75, 3.05) is 13.3 Å². The average molecular weight is 402 g/mol. The average Bonchev–Trinajstić information content (AvgIpc) is 3.42. The van der Waals surface area contributed by atoms with Gasteiger partial charge in [-0.15, -0.1) is 0 Å². The molecule has 0 fully saturated rings. The predicted octanol–water partition coefficient (Wildman–Crippen LogP) is 3.53. The maximum Gasteiger partial charge on any atom is 0.231 e. The van der Waals surface area contributed by atoms with Crippen molar-refractivity contribution >= 4 is 5.91 Å². The maximum atomic E-state index is 12.3. The number of nitrogens with zero attached hydrogens (tertiary/aromatic N) is 1. The lowest BCUT2D eigenvalue weighted by molar-refractivity contribution is -0.121. The lowest BCUT2D eigenvalue weighted by Gasteiger charge is -2.13. The monoisotopic (exact) mass is 402 g/mol. The fourth-order valence-corrected chi connectivity index (χ4v) is 3.85. The summed E-state index contributed by atoms with van der Waals surface area (Å²) in [7, 11) is 0. The number of hydrogen-bond acceptors (Lipinski definition) is 5. The van der Waals surface area contributed by atoms with Crippen LogP contribution in [-0.4, -0.2) is 30.3 Å². The summed E-state index contributed by atoms with van der Waals surface area (Å²) in [5, 5.41) is 3.01. The molecule has 6 nitrogen and oxygen atoms in total. The van der Waals surface area contributed by atoms with Crippen LogP contribution >= 0.6 is 0 Å². The highest BCUT2D eigenvalue weighted by atomic mass is 16.7. The van der Waals surface area contributed by atoms with Crippen LogP contribution in [0.1, 0.15) is 17.5 Å². The quantitative estimate of drug-likeness (QED) is 0.683. The summed E-state index contributed by atoms with van der Waals surface area (Å²) in [5.41, 5.74) is 4.09. The first kappa shape index (κ1) is 18.5. The van der Waals surface area contributed by atoms with Crippen LogP contribution in [0.2, 0.25) is 0 Å². The highest BCUT2D eigenvalue weighted by molar-refractivity contribution is 5.76. The molecule has 0 spiro atoms. The van der Waals surface area contributed by atoms with Gasteiger partial charge in [0.15, 0.2) is 11.5 Å². The van der Waals surface area contributed by atoms with E-state index >= 15 is 0 Å². The van der Waals surface area contributed by atoms with Gasteiger partial charge in [-0.2, -0.15) is 0 Å². The Kier molecular flexibility index (Phi) is 4.97. The Labute approximate surface area is 174 Å². The third kappa shape index (κ3) is 3.81. The van der Waals surface area contributed by atoms with Crippen molar-refractivity contribution in [3.05, 3.63) is 71.9 Å². The van der Waals surface area contributed by atoms with E-state index in [0.717, 1.165) is 46.1 Å². The Balaban J connectivity index is 1.15. The van der Waals surface area contributed by atoms with Gasteiger partial charge in [0.05, 0.1) is 12.2 Å². The third-order valence-corrected chi connectivity index (χ3v) is 5.37. The zero-order chi connectivity index (χ0) is 20.3. The summed E-state index contributed by atoms with van der Waals surface area (Å²) < 4.78 is 16.9. The number of rotatable bonds is 6. The number of carbonyl (C=O) groups is 1. The molecule has 1 N–H and O–H groups in total. The van der Waals surface area contributed by atoms with E-state index in [4.69, 9.17) is 14.2 Å². The zero-order valence-electron chi connectivity index (χ0n) is 16.5. The first-order valence-corrected chi connectivity index (χ1v) is 10.1. The van der Waals surface area contributed by atoms with Crippen LogP contribution in [0.15, 0.2) is 60.8 Å². The van der Waals surface area contributed by atoms with E-state index in [0.29, 0.717) is 19.4 Å². The van der Waals surface area contributed by atoms with Gasteiger partial charge in [0.25, 0.3) is 0 Å². The normalized spacial score (nSPS) is 16.1. The van der Waals surface area contributed by atoms with Gasteiger partial charge >= 0.3 is 0 Å². The van der Waals surface area contributed by atoms with Gasteiger partial charge in [0.2, 0.25) is 12.7 Å². The van der Waals surface area contributed by atoms with Crippen LogP contribution in [0.4, 0.5) is 0 Å². The number of nitrogens with one attached hydrogen (secondary N) is 1. The lowest BCUT2D eigenvalue weighted by Crippen LogP contribution is -2.34. The Morgan fingerprint density at radius 1 is 1.07 bits per heavy atom. The second kappa shape index (κ2) is 8.06. The number of benzene rings is 2. The fraction of sp³-hybridized carbons (Fsp3) is 0.250. The standard InChI is InChI=1S/C24H22N2O4/c27-23(10-8-16-7-9-21-22(12-16)29-15-28-21)26-14-18-13-17-4-3-5-19(24(17)30-18)20-6-1-2-11-25-20/h1-7,9,11-12,18H,8,10,13-15H2,(H,26,27)/t18-/m0/s1. The predicted molar refractivity (Wildman–Crippen MR) is 112 cm³/mol. The number of aryl methyl sites for hydroxylation is 1. The molecule has 152 valence electrons. The summed E-state index contributed by atoms with van der Waals surface area (Å²) in [6, 6.07) is 17.8. The zero-order valence-corrected chi connectivity index (χ0v) is 16.5. The Hall–Kier alpha value is -3.54. The molecule has 0 bridgehead atoms. The van der Waals surface area contributed by atoms with Crippen molar-refractivity contribution in [2.24, 2.45) is 0 Å². The molecule has 0 saturated carbocycles. The van der Waals surface area contributed by atoms with E-state index in [-0.39, 0.29) is 18.8 Å². The van der Waals surface area contributed by atoms with Crippen LogP contribution in [0.25, 0.3) is 11.3 Å². The lowest BCUT2D eigenvalue weighted by atomic mass is 10.0. The third-order valence-electron chi connectivity index (χ3n) is 5.37. The van der Waals surface area contributed by atoms with Gasteiger partial charge in [0.1, 0.15) is 11.9 Å². The molecule has 1 aromatic heterocycles. The van der Waals surface area contributed by atoms with Crippen LogP contribution in [-0.2, 0) is 17.6 Å². The number of ether oxygens (including phenoxy) is 3. The van der Waals surface area contributed by atoms with Crippen molar-refractivity contribution < 1.29 is 19.0 Å². The summed E-state index contributed by atoms with van der Waals surface area (Å²) >= 11 is 0. The molecular formula is C24H22N2O4. The van der Waals surface area contributed by atoms with E-state index in [9.17, 15) is 4.79 Å². The van der Waals surface area contributed by atoms with Crippen molar-refractivity contribution in [2.45, 2.75) is 25.4 Å². The molecule has 1 amide bonds. The molecule has 2 aliphatic heterocycles. The molecule has 0 saturated heterocycles. The minimum atomic E-state index is -0.0700. The summed E-state index contributed by atoms with van der Waals surface area (Å²) in [6.07, 6.45) is 3.55. The van der Waals surface area contributed by atoms with E-state index in [1.54, 1.807) is 6.20 Å². The Morgan fingerprint density at radius 2 is 2.00 bits per heavy atom. The molecule has 0 unspecified atom stereocenters. The van der Waals surface area contributed by atoms with E-state index in [2.05, 4.69) is 16.4 Å². The second-order valence-electron chi connectivity index (χ2n) is 7.44. The first-order chi connectivity index (χ1) is 14.8. The van der Waals surface area contributed by atoms with Crippen LogP contribution in [0, 0.1) is 0 Å². The minimum absolute atomic E-state index is 0.0113. The number of hydrogen-bond donors (Lipinski definition) is 1. The molecule has 0 aliphatic carbocycles. The van der Waals surface area contributed by atoms with E-state index < -0.39 is 0 Å². The van der Waals surface area contributed by atoms with Gasteiger partial charge in [-0.3, -0.25) is 9.78 Å². The molecule has 30 heavy (non-hydrogen) atoms. The number of para-hydroxylation sites is 1. The van der Waals surface area contributed by atoms with Gasteiger partial charge in [-0.1, -0.05) is 24.3 Å². The molecule has 1 atom stereocenters. The van der Waals surface area contributed by atoms with Crippen LogP contribution in [0.3, 0.4) is 0 Å². The molecule has 3 heterocycles. The molecule has 2 aromatic carbocycles. The van der Waals surface area contributed by atoms with Crippen LogP contribution < -0.4 is 19.5 Å². The van der Waals surface area contributed by atoms with Crippen molar-refractivity contribution in [1.29, 1.82) is 0 Å². The molecule has 0 radical (unpaired) electrons. The number of carbonyl (C=O) groups excluding carboxylic acids is 1. The number of aromatic nitrogens is 1. The largest absolute Gasteiger partial charge is 0.487 e. The van der Waals surface area contributed by atoms with Crippen molar-refractivity contribution in [3.8, 4) is 28.5 Å². The van der Waals surface area contributed by atoms with Crippen LogP contribution in [0.5, 0.6) is 17.2 Å². The highest BCUT2D eigenvalue weighted by Gasteiger charge is 2.26. The Bertz CT molecular complexity index is 1070. The number of fused-ring (bicyclic) bond motifs is 2. The van der Waals surface area contributed by atoms with Gasteiger partial charge in [0, 0.05) is 24.6 Å². The van der Waals surface area contributed by atoms with Gasteiger partial charge in [-0.05, 0) is 47.9 Å². The second-order valence-corrected chi connectivity index (χ2v) is 7.44. The first-order valence-electron chi connectivity index (χ1n) is 10.1. The molecule has 2 aliphatic rings.